The molecule has 0 saturated heterocycles. The summed E-state index contributed by atoms with van der Waals surface area (Å²) in [6, 6.07) is 5.51. The van der Waals surface area contributed by atoms with E-state index in [0.717, 1.165) is 10.0 Å². The molecule has 0 aliphatic heterocycles. The van der Waals surface area contributed by atoms with Gasteiger partial charge in [0.2, 0.25) is 0 Å². The van der Waals surface area contributed by atoms with Crippen molar-refractivity contribution in [3.8, 4) is 0 Å². The van der Waals surface area contributed by atoms with Crippen LogP contribution in [0, 0.1) is 6.92 Å². The van der Waals surface area contributed by atoms with E-state index in [4.69, 9.17) is 5.11 Å². The summed E-state index contributed by atoms with van der Waals surface area (Å²) in [5.74, 6) is -0.0792. The number of halogens is 1. The lowest BCUT2D eigenvalue weighted by atomic mass is 10.1. The third-order valence-corrected chi connectivity index (χ3v) is 3.34. The number of hydrogen-bond donors (Lipinski definition) is 3. The number of carbonyl (C=O) groups excluding carboxylic acids is 1. The molecular formula is C13H19BrN2O2. The van der Waals surface area contributed by atoms with Crippen LogP contribution < -0.4 is 10.6 Å². The van der Waals surface area contributed by atoms with Crippen molar-refractivity contribution in [3.63, 3.8) is 0 Å². The van der Waals surface area contributed by atoms with Crippen molar-refractivity contribution >= 4 is 21.8 Å². The molecule has 0 aromatic heterocycles. The third-order valence-electron chi connectivity index (χ3n) is 2.45. The molecular weight excluding hydrogens is 296 g/mol. The van der Waals surface area contributed by atoms with E-state index >= 15 is 0 Å². The van der Waals surface area contributed by atoms with Crippen molar-refractivity contribution in [2.45, 2.75) is 20.0 Å². The van der Waals surface area contributed by atoms with Crippen LogP contribution in [0.4, 0.5) is 0 Å². The van der Waals surface area contributed by atoms with Gasteiger partial charge in [-0.25, -0.2) is 0 Å². The molecule has 1 rings (SSSR count). The van der Waals surface area contributed by atoms with E-state index in [1.807, 2.05) is 19.1 Å². The first kappa shape index (κ1) is 15.1. The molecule has 0 aliphatic rings. The van der Waals surface area contributed by atoms with Crippen molar-refractivity contribution in [2.75, 3.05) is 19.6 Å². The molecule has 4 nitrogen and oxygen atoms in total. The van der Waals surface area contributed by atoms with E-state index in [9.17, 15) is 4.79 Å². The zero-order chi connectivity index (χ0) is 13.5. The van der Waals surface area contributed by atoms with E-state index in [-0.39, 0.29) is 12.0 Å². The Bertz CT molecular complexity index is 408. The van der Waals surface area contributed by atoms with Crippen molar-refractivity contribution in [3.05, 3.63) is 33.8 Å². The predicted molar refractivity (Wildman–Crippen MR) is 75.8 cm³/mol. The Morgan fingerprint density at radius 3 is 2.78 bits per heavy atom. The number of benzene rings is 1. The first-order valence-corrected chi connectivity index (χ1v) is 6.73. The monoisotopic (exact) mass is 314 g/mol. The van der Waals surface area contributed by atoms with Gasteiger partial charge in [0.1, 0.15) is 0 Å². The van der Waals surface area contributed by atoms with Crippen LogP contribution in [0.2, 0.25) is 0 Å². The second-order valence-electron chi connectivity index (χ2n) is 4.27. The van der Waals surface area contributed by atoms with Crippen molar-refractivity contribution in [1.29, 1.82) is 0 Å². The fourth-order valence-corrected chi connectivity index (χ4v) is 1.71. The minimum atomic E-state index is -0.366. The van der Waals surface area contributed by atoms with Gasteiger partial charge in [0, 0.05) is 29.7 Å². The van der Waals surface area contributed by atoms with Gasteiger partial charge in [-0.3, -0.25) is 4.79 Å². The Morgan fingerprint density at radius 1 is 1.44 bits per heavy atom. The fourth-order valence-electron chi connectivity index (χ4n) is 1.46. The van der Waals surface area contributed by atoms with Crippen LogP contribution in [0.25, 0.3) is 0 Å². The second-order valence-corrected chi connectivity index (χ2v) is 5.13. The molecule has 100 valence electrons. The molecule has 0 bridgehead atoms. The lowest BCUT2D eigenvalue weighted by Gasteiger charge is -2.09. The summed E-state index contributed by atoms with van der Waals surface area (Å²) >= 11 is 3.40. The Hall–Kier alpha value is -0.910. The highest BCUT2D eigenvalue weighted by molar-refractivity contribution is 9.10. The average molecular weight is 315 g/mol. The summed E-state index contributed by atoms with van der Waals surface area (Å²) in [6.45, 7) is 5.39. The number of amides is 1. The van der Waals surface area contributed by atoms with E-state index < -0.39 is 0 Å². The standard InChI is InChI=1S/C13H19BrN2O2/c1-9-7-11(3-4-12(9)14)13(18)16-6-5-15-8-10(2)17/h3-4,7,10,15,17H,5-6,8H2,1-2H3,(H,16,18). The molecule has 0 fully saturated rings. The van der Waals surface area contributed by atoms with Crippen LogP contribution in [0.5, 0.6) is 0 Å². The third kappa shape index (κ3) is 5.16. The van der Waals surface area contributed by atoms with Gasteiger partial charge in [-0.2, -0.15) is 0 Å². The van der Waals surface area contributed by atoms with Crippen molar-refractivity contribution < 1.29 is 9.90 Å². The Labute approximate surface area is 116 Å². The number of rotatable bonds is 6. The number of aliphatic hydroxyl groups excluding tert-OH is 1. The molecule has 1 aromatic rings. The molecule has 3 N–H and O–H groups in total. The van der Waals surface area contributed by atoms with Gasteiger partial charge in [-0.1, -0.05) is 15.9 Å². The Morgan fingerprint density at radius 2 is 2.17 bits per heavy atom. The maximum atomic E-state index is 11.8. The second kappa shape index (κ2) is 7.51. The minimum absolute atomic E-state index is 0.0792. The summed E-state index contributed by atoms with van der Waals surface area (Å²) in [6.07, 6.45) is -0.366. The normalized spacial score (nSPS) is 12.2. The minimum Gasteiger partial charge on any atom is -0.392 e. The molecule has 18 heavy (non-hydrogen) atoms. The van der Waals surface area contributed by atoms with Crippen molar-refractivity contribution in [2.24, 2.45) is 0 Å². The maximum absolute atomic E-state index is 11.8. The zero-order valence-corrected chi connectivity index (χ0v) is 12.3. The average Bonchev–Trinajstić information content (AvgIpc) is 2.31. The van der Waals surface area contributed by atoms with Gasteiger partial charge in [0.05, 0.1) is 6.10 Å². The Balaban J connectivity index is 2.34. The Kier molecular flexibility index (Phi) is 6.32. The quantitative estimate of drug-likeness (QED) is 0.697. The van der Waals surface area contributed by atoms with Crippen LogP contribution in [0.3, 0.4) is 0 Å². The molecule has 0 aliphatic carbocycles. The molecule has 0 heterocycles. The molecule has 5 heteroatoms. The zero-order valence-electron chi connectivity index (χ0n) is 10.7. The first-order valence-electron chi connectivity index (χ1n) is 5.94. The summed E-state index contributed by atoms with van der Waals surface area (Å²) in [7, 11) is 0. The van der Waals surface area contributed by atoms with E-state index in [2.05, 4.69) is 26.6 Å². The van der Waals surface area contributed by atoms with Crippen LogP contribution in [-0.2, 0) is 0 Å². The van der Waals surface area contributed by atoms with Gasteiger partial charge < -0.3 is 15.7 Å². The molecule has 1 atom stereocenters. The molecule has 0 radical (unpaired) electrons. The number of aryl methyl sites for hydroxylation is 1. The SMILES string of the molecule is Cc1cc(C(=O)NCCNCC(C)O)ccc1Br. The largest absolute Gasteiger partial charge is 0.392 e. The van der Waals surface area contributed by atoms with Crippen LogP contribution >= 0.6 is 15.9 Å². The summed E-state index contributed by atoms with van der Waals surface area (Å²) in [5.41, 5.74) is 1.70. The fraction of sp³-hybridized carbons (Fsp3) is 0.462. The highest BCUT2D eigenvalue weighted by Crippen LogP contribution is 2.16. The van der Waals surface area contributed by atoms with Gasteiger partial charge >= 0.3 is 0 Å². The predicted octanol–water partition coefficient (Wildman–Crippen LogP) is 1.46. The molecule has 1 amide bonds. The van der Waals surface area contributed by atoms with E-state index in [1.54, 1.807) is 13.0 Å². The number of aliphatic hydroxyl groups is 1. The van der Waals surface area contributed by atoms with E-state index in [1.165, 1.54) is 0 Å². The molecule has 0 spiro atoms. The summed E-state index contributed by atoms with van der Waals surface area (Å²) in [5, 5.41) is 14.9. The topological polar surface area (TPSA) is 61.4 Å². The number of nitrogens with one attached hydrogen (secondary N) is 2. The maximum Gasteiger partial charge on any atom is 0.251 e. The lowest BCUT2D eigenvalue weighted by Crippen LogP contribution is -2.34. The lowest BCUT2D eigenvalue weighted by molar-refractivity contribution is 0.0953. The highest BCUT2D eigenvalue weighted by Gasteiger charge is 2.06. The van der Waals surface area contributed by atoms with Crippen molar-refractivity contribution in [1.82, 2.24) is 10.6 Å². The summed E-state index contributed by atoms with van der Waals surface area (Å²) < 4.78 is 0.998. The number of carbonyl (C=O) groups is 1. The van der Waals surface area contributed by atoms with Gasteiger partial charge in [-0.15, -0.1) is 0 Å². The van der Waals surface area contributed by atoms with Crippen LogP contribution in [-0.4, -0.2) is 36.8 Å². The van der Waals surface area contributed by atoms with E-state index in [0.29, 0.717) is 25.2 Å². The highest BCUT2D eigenvalue weighted by atomic mass is 79.9. The van der Waals surface area contributed by atoms with Gasteiger partial charge in [0.25, 0.3) is 5.91 Å². The molecule has 1 unspecified atom stereocenters. The first-order chi connectivity index (χ1) is 8.50. The van der Waals surface area contributed by atoms with Gasteiger partial charge in [0.15, 0.2) is 0 Å². The van der Waals surface area contributed by atoms with Crippen LogP contribution in [0.15, 0.2) is 22.7 Å². The molecule has 0 saturated carbocycles. The smallest absolute Gasteiger partial charge is 0.251 e. The van der Waals surface area contributed by atoms with Crippen LogP contribution in [0.1, 0.15) is 22.8 Å². The van der Waals surface area contributed by atoms with Gasteiger partial charge in [-0.05, 0) is 37.6 Å². The molecule has 1 aromatic carbocycles. The summed E-state index contributed by atoms with van der Waals surface area (Å²) in [4.78, 5) is 11.8. The number of hydrogen-bond acceptors (Lipinski definition) is 3.